The van der Waals surface area contributed by atoms with Crippen molar-refractivity contribution in [2.24, 2.45) is 11.7 Å². The number of carbonyl (C=O) groups is 3. The van der Waals surface area contributed by atoms with Crippen molar-refractivity contribution in [1.82, 2.24) is 0 Å². The molecule has 0 amide bonds. The predicted molar refractivity (Wildman–Crippen MR) is 85.8 cm³/mol. The standard InChI is InChI=1S/C17H23NO6/c1-3-11(2)15(18)17(22)24-13(16(20)21)9-14(19)23-10-12-7-5-4-6-8-12/h4-8,11,13,15H,3,9-10,18H2,1-2H3,(H,20,21)/t11-,13?,15-/m0/s1. The van der Waals surface area contributed by atoms with Gasteiger partial charge in [-0.05, 0) is 11.5 Å². The molecule has 0 fully saturated rings. The Morgan fingerprint density at radius 3 is 2.38 bits per heavy atom. The molecule has 0 aliphatic carbocycles. The Morgan fingerprint density at radius 2 is 1.83 bits per heavy atom. The summed E-state index contributed by atoms with van der Waals surface area (Å²) in [5.74, 6) is -3.18. The number of carboxylic acid groups (broad SMARTS) is 1. The maximum absolute atomic E-state index is 11.9. The molecule has 0 aliphatic heterocycles. The third kappa shape index (κ3) is 6.37. The molecule has 0 heterocycles. The molecule has 1 aromatic carbocycles. The van der Waals surface area contributed by atoms with Gasteiger partial charge in [-0.1, -0.05) is 50.6 Å². The Morgan fingerprint density at radius 1 is 1.21 bits per heavy atom. The molecule has 1 aromatic rings. The molecule has 132 valence electrons. The molecule has 7 heteroatoms. The third-order valence-corrected chi connectivity index (χ3v) is 3.66. The van der Waals surface area contributed by atoms with Gasteiger partial charge in [0.25, 0.3) is 0 Å². The van der Waals surface area contributed by atoms with Crippen molar-refractivity contribution in [3.8, 4) is 0 Å². The summed E-state index contributed by atoms with van der Waals surface area (Å²) in [4.78, 5) is 34.8. The molecular weight excluding hydrogens is 314 g/mol. The van der Waals surface area contributed by atoms with E-state index >= 15 is 0 Å². The van der Waals surface area contributed by atoms with Crippen molar-refractivity contribution in [3.05, 3.63) is 35.9 Å². The topological polar surface area (TPSA) is 116 Å². The molecule has 0 spiro atoms. The van der Waals surface area contributed by atoms with E-state index in [1.807, 2.05) is 13.0 Å². The zero-order valence-electron chi connectivity index (χ0n) is 13.8. The van der Waals surface area contributed by atoms with Crippen LogP contribution in [-0.2, 0) is 30.5 Å². The summed E-state index contributed by atoms with van der Waals surface area (Å²) in [6.07, 6.45) is -1.54. The first-order chi connectivity index (χ1) is 11.3. The van der Waals surface area contributed by atoms with Gasteiger partial charge in [-0.3, -0.25) is 9.59 Å². The Balaban J connectivity index is 2.54. The SMILES string of the molecule is CC[C@H](C)[C@H](N)C(=O)OC(CC(=O)OCc1ccccc1)C(=O)O. The highest BCUT2D eigenvalue weighted by Crippen LogP contribution is 2.11. The molecule has 0 bridgehead atoms. The van der Waals surface area contributed by atoms with Crippen molar-refractivity contribution in [2.45, 2.75) is 45.4 Å². The maximum Gasteiger partial charge on any atom is 0.345 e. The fraction of sp³-hybridized carbons (Fsp3) is 0.471. The number of nitrogens with two attached hydrogens (primary N) is 1. The third-order valence-electron chi connectivity index (χ3n) is 3.66. The number of aliphatic carboxylic acids is 1. The fourth-order valence-electron chi connectivity index (χ4n) is 1.83. The minimum absolute atomic E-state index is 0.0202. The zero-order chi connectivity index (χ0) is 18.1. The van der Waals surface area contributed by atoms with Crippen molar-refractivity contribution in [3.63, 3.8) is 0 Å². The number of esters is 2. The Hall–Kier alpha value is -2.41. The van der Waals surface area contributed by atoms with Gasteiger partial charge in [0.05, 0.1) is 6.42 Å². The van der Waals surface area contributed by atoms with E-state index in [0.29, 0.717) is 6.42 Å². The molecule has 1 unspecified atom stereocenters. The van der Waals surface area contributed by atoms with Crippen molar-refractivity contribution >= 4 is 17.9 Å². The Kier molecular flexibility index (Phi) is 7.91. The lowest BCUT2D eigenvalue weighted by atomic mass is 10.0. The first-order valence-electron chi connectivity index (χ1n) is 7.73. The summed E-state index contributed by atoms with van der Waals surface area (Å²) in [5, 5.41) is 9.11. The second-order valence-electron chi connectivity index (χ2n) is 5.53. The quantitative estimate of drug-likeness (QED) is 0.656. The minimum Gasteiger partial charge on any atom is -0.478 e. The summed E-state index contributed by atoms with van der Waals surface area (Å²) in [6.45, 7) is 3.63. The highest BCUT2D eigenvalue weighted by molar-refractivity contribution is 5.84. The highest BCUT2D eigenvalue weighted by atomic mass is 16.6. The van der Waals surface area contributed by atoms with Gasteiger partial charge < -0.3 is 20.3 Å². The second kappa shape index (κ2) is 9.67. The first kappa shape index (κ1) is 19.6. The fourth-order valence-corrected chi connectivity index (χ4v) is 1.83. The zero-order valence-corrected chi connectivity index (χ0v) is 13.8. The lowest BCUT2D eigenvalue weighted by molar-refractivity contribution is -0.170. The molecule has 24 heavy (non-hydrogen) atoms. The molecule has 0 aliphatic rings. The van der Waals surface area contributed by atoms with Crippen LogP contribution < -0.4 is 5.73 Å². The average Bonchev–Trinajstić information content (AvgIpc) is 2.58. The van der Waals surface area contributed by atoms with Gasteiger partial charge in [0.15, 0.2) is 0 Å². The largest absolute Gasteiger partial charge is 0.478 e. The molecule has 0 saturated heterocycles. The van der Waals surface area contributed by atoms with Crippen LogP contribution in [0.3, 0.4) is 0 Å². The number of hydrogen-bond donors (Lipinski definition) is 2. The van der Waals surface area contributed by atoms with Gasteiger partial charge in [0, 0.05) is 0 Å². The smallest absolute Gasteiger partial charge is 0.345 e. The molecule has 3 N–H and O–H groups in total. The Bertz CT molecular complexity index is 559. The molecule has 0 saturated carbocycles. The Labute approximate surface area is 140 Å². The number of hydrogen-bond acceptors (Lipinski definition) is 6. The van der Waals surface area contributed by atoms with E-state index in [-0.39, 0.29) is 12.5 Å². The van der Waals surface area contributed by atoms with Gasteiger partial charge in [-0.25, -0.2) is 4.79 Å². The van der Waals surface area contributed by atoms with Crippen LogP contribution in [0.25, 0.3) is 0 Å². The molecule has 7 nitrogen and oxygen atoms in total. The molecule has 1 rings (SSSR count). The normalized spacial score (nSPS) is 14.3. The van der Waals surface area contributed by atoms with E-state index < -0.39 is 36.5 Å². The highest BCUT2D eigenvalue weighted by Gasteiger charge is 2.30. The molecule has 3 atom stereocenters. The van der Waals surface area contributed by atoms with Gasteiger partial charge in [-0.2, -0.15) is 0 Å². The van der Waals surface area contributed by atoms with E-state index in [1.54, 1.807) is 31.2 Å². The van der Waals surface area contributed by atoms with Crippen LogP contribution in [0.2, 0.25) is 0 Å². The lowest BCUT2D eigenvalue weighted by Crippen LogP contribution is -2.42. The first-order valence-corrected chi connectivity index (χ1v) is 7.73. The van der Waals surface area contributed by atoms with Crippen LogP contribution in [0, 0.1) is 5.92 Å². The van der Waals surface area contributed by atoms with Crippen LogP contribution >= 0.6 is 0 Å². The van der Waals surface area contributed by atoms with Crippen molar-refractivity contribution in [2.75, 3.05) is 0 Å². The number of carbonyl (C=O) groups excluding carboxylic acids is 2. The summed E-state index contributed by atoms with van der Waals surface area (Å²) in [6, 6.07) is 8.02. The van der Waals surface area contributed by atoms with Crippen molar-refractivity contribution in [1.29, 1.82) is 0 Å². The van der Waals surface area contributed by atoms with Gasteiger partial charge in [0.2, 0.25) is 6.10 Å². The number of rotatable bonds is 9. The van der Waals surface area contributed by atoms with Gasteiger partial charge in [0.1, 0.15) is 12.6 Å². The number of benzene rings is 1. The molecular formula is C17H23NO6. The van der Waals surface area contributed by atoms with E-state index in [4.69, 9.17) is 20.3 Å². The van der Waals surface area contributed by atoms with Crippen LogP contribution in [0.5, 0.6) is 0 Å². The van der Waals surface area contributed by atoms with Gasteiger partial charge in [-0.15, -0.1) is 0 Å². The average molecular weight is 337 g/mol. The minimum atomic E-state index is -1.61. The molecule has 0 radical (unpaired) electrons. The maximum atomic E-state index is 11.9. The lowest BCUT2D eigenvalue weighted by Gasteiger charge is -2.20. The van der Waals surface area contributed by atoms with E-state index in [2.05, 4.69) is 0 Å². The van der Waals surface area contributed by atoms with E-state index in [9.17, 15) is 14.4 Å². The monoisotopic (exact) mass is 337 g/mol. The second-order valence-corrected chi connectivity index (χ2v) is 5.53. The van der Waals surface area contributed by atoms with Crippen LogP contribution in [0.15, 0.2) is 30.3 Å². The van der Waals surface area contributed by atoms with Crippen LogP contribution in [0.1, 0.15) is 32.3 Å². The molecule has 0 aromatic heterocycles. The number of carboxylic acids is 1. The summed E-state index contributed by atoms with van der Waals surface area (Å²) in [7, 11) is 0. The van der Waals surface area contributed by atoms with Crippen LogP contribution in [0.4, 0.5) is 0 Å². The van der Waals surface area contributed by atoms with Gasteiger partial charge >= 0.3 is 17.9 Å². The van der Waals surface area contributed by atoms with Crippen molar-refractivity contribution < 1.29 is 29.0 Å². The summed E-state index contributed by atoms with van der Waals surface area (Å²) >= 11 is 0. The summed E-state index contributed by atoms with van der Waals surface area (Å²) < 4.78 is 9.85. The number of ether oxygens (including phenoxy) is 2. The van der Waals surface area contributed by atoms with E-state index in [0.717, 1.165) is 5.56 Å². The van der Waals surface area contributed by atoms with E-state index in [1.165, 1.54) is 0 Å². The predicted octanol–water partition coefficient (Wildman–Crippen LogP) is 1.49. The van der Waals surface area contributed by atoms with Crippen LogP contribution in [-0.4, -0.2) is 35.2 Å². The summed E-state index contributed by atoms with van der Waals surface area (Å²) in [5.41, 5.74) is 6.47.